The van der Waals surface area contributed by atoms with Gasteiger partial charge in [-0.3, -0.25) is 19.8 Å². The molecule has 0 atom stereocenters. The van der Waals surface area contributed by atoms with Gasteiger partial charge in [0.05, 0.1) is 16.3 Å². The first kappa shape index (κ1) is 21.8. The van der Waals surface area contributed by atoms with Crippen molar-refractivity contribution < 1.29 is 23.9 Å². The predicted molar refractivity (Wildman–Crippen MR) is 124 cm³/mol. The Morgan fingerprint density at radius 1 is 1.09 bits per heavy atom. The summed E-state index contributed by atoms with van der Waals surface area (Å²) in [5.74, 6) is -1.98. The molecule has 1 aliphatic heterocycles. The van der Waals surface area contributed by atoms with Crippen molar-refractivity contribution in [1.29, 1.82) is 0 Å². The van der Waals surface area contributed by atoms with E-state index in [1.54, 1.807) is 30.3 Å². The minimum absolute atomic E-state index is 0.0354. The van der Waals surface area contributed by atoms with E-state index in [2.05, 4.69) is 5.32 Å². The number of aromatic carboxylic acids is 1. The fourth-order valence-electron chi connectivity index (χ4n) is 3.07. The molecular weight excluding hydrogens is 475 g/mol. The molecule has 2 amide bonds. The Bertz CT molecular complexity index is 1330. The second-order valence-electron chi connectivity index (χ2n) is 6.64. The van der Waals surface area contributed by atoms with Gasteiger partial charge in [-0.05, 0) is 66.8 Å². The number of carbonyl (C=O) groups excluding carboxylic acids is 2. The number of hydrogen-bond acceptors (Lipinski definition) is 5. The predicted octanol–water partition coefficient (Wildman–Crippen LogP) is 4.78. The Morgan fingerprint density at radius 2 is 1.88 bits per heavy atom. The molecule has 0 bridgehead atoms. The van der Waals surface area contributed by atoms with Crippen LogP contribution < -0.4 is 10.2 Å². The summed E-state index contributed by atoms with van der Waals surface area (Å²) >= 11 is 17.3. The molecule has 1 aromatic heterocycles. The smallest absolute Gasteiger partial charge is 0.335 e. The highest BCUT2D eigenvalue weighted by atomic mass is 35.5. The number of carboxylic acids is 1. The SMILES string of the molecule is O=C1NC(=S)N(c2cccc(Cl)c2)C(=O)/C1=C/c1ccc(-c2cc(C(=O)O)ccc2Cl)o1. The van der Waals surface area contributed by atoms with Gasteiger partial charge in [-0.25, -0.2) is 4.79 Å². The Balaban J connectivity index is 1.70. The second kappa shape index (κ2) is 8.58. The summed E-state index contributed by atoms with van der Waals surface area (Å²) in [5.41, 5.74) is 0.589. The van der Waals surface area contributed by atoms with Crippen molar-refractivity contribution in [2.75, 3.05) is 4.90 Å². The van der Waals surface area contributed by atoms with E-state index in [-0.39, 0.29) is 32.8 Å². The van der Waals surface area contributed by atoms with Gasteiger partial charge in [0.2, 0.25) is 0 Å². The number of nitrogens with one attached hydrogen (secondary N) is 1. The van der Waals surface area contributed by atoms with Crippen LogP contribution in [0.5, 0.6) is 0 Å². The van der Waals surface area contributed by atoms with Crippen molar-refractivity contribution in [3.63, 3.8) is 0 Å². The maximum absolute atomic E-state index is 13.1. The number of thiocarbonyl (C=S) groups is 1. The summed E-state index contributed by atoms with van der Waals surface area (Å²) < 4.78 is 5.71. The van der Waals surface area contributed by atoms with E-state index in [9.17, 15) is 19.5 Å². The lowest BCUT2D eigenvalue weighted by Gasteiger charge is -2.28. The molecule has 2 aromatic carbocycles. The van der Waals surface area contributed by atoms with Crippen LogP contribution in [0.2, 0.25) is 10.0 Å². The number of amides is 2. The lowest BCUT2D eigenvalue weighted by molar-refractivity contribution is -0.122. The molecule has 1 fully saturated rings. The Labute approximate surface area is 196 Å². The molecule has 0 saturated carbocycles. The third kappa shape index (κ3) is 4.16. The van der Waals surface area contributed by atoms with Crippen molar-refractivity contribution in [1.82, 2.24) is 5.32 Å². The van der Waals surface area contributed by atoms with Gasteiger partial charge in [0.25, 0.3) is 11.8 Å². The van der Waals surface area contributed by atoms with Crippen LogP contribution in [0.15, 0.2) is 64.6 Å². The number of carboxylic acid groups (broad SMARTS) is 1. The van der Waals surface area contributed by atoms with Crippen LogP contribution in [0.4, 0.5) is 5.69 Å². The minimum atomic E-state index is -1.11. The highest BCUT2D eigenvalue weighted by Gasteiger charge is 2.34. The maximum atomic E-state index is 13.1. The largest absolute Gasteiger partial charge is 0.478 e. The van der Waals surface area contributed by atoms with Crippen LogP contribution in [0.1, 0.15) is 16.1 Å². The van der Waals surface area contributed by atoms with E-state index in [1.165, 1.54) is 30.3 Å². The number of halogens is 2. The number of carbonyl (C=O) groups is 3. The fourth-order valence-corrected chi connectivity index (χ4v) is 3.75. The van der Waals surface area contributed by atoms with Gasteiger partial charge < -0.3 is 9.52 Å². The van der Waals surface area contributed by atoms with Crippen molar-refractivity contribution in [3.8, 4) is 11.3 Å². The molecule has 0 radical (unpaired) electrons. The number of anilines is 1. The van der Waals surface area contributed by atoms with Gasteiger partial charge in [0.15, 0.2) is 5.11 Å². The van der Waals surface area contributed by atoms with Gasteiger partial charge in [0, 0.05) is 10.6 Å². The number of hydrogen-bond donors (Lipinski definition) is 2. The van der Waals surface area contributed by atoms with E-state index in [0.717, 1.165) is 4.90 Å². The third-order valence-corrected chi connectivity index (χ3v) is 5.41. The molecule has 1 aliphatic rings. The van der Waals surface area contributed by atoms with E-state index >= 15 is 0 Å². The summed E-state index contributed by atoms with van der Waals surface area (Å²) in [4.78, 5) is 37.9. The van der Waals surface area contributed by atoms with Crippen LogP contribution in [-0.2, 0) is 9.59 Å². The first-order chi connectivity index (χ1) is 15.2. The van der Waals surface area contributed by atoms with E-state index in [1.807, 2.05) is 0 Å². The van der Waals surface area contributed by atoms with Crippen molar-refractivity contribution in [3.05, 3.63) is 81.5 Å². The Morgan fingerprint density at radius 3 is 2.59 bits per heavy atom. The monoisotopic (exact) mass is 486 g/mol. The summed E-state index contributed by atoms with van der Waals surface area (Å²) in [7, 11) is 0. The Kier molecular flexibility index (Phi) is 5.84. The topological polar surface area (TPSA) is 99.9 Å². The molecule has 0 aliphatic carbocycles. The fraction of sp³-hybridized carbons (Fsp3) is 0. The number of benzene rings is 2. The number of furan rings is 1. The maximum Gasteiger partial charge on any atom is 0.335 e. The molecule has 4 rings (SSSR count). The van der Waals surface area contributed by atoms with Gasteiger partial charge in [-0.15, -0.1) is 0 Å². The first-order valence-electron chi connectivity index (χ1n) is 9.04. The number of nitrogens with zero attached hydrogens (tertiary/aromatic N) is 1. The molecular formula is C22H12Cl2N2O5S. The molecule has 3 aromatic rings. The summed E-state index contributed by atoms with van der Waals surface area (Å²) in [6, 6.07) is 13.8. The van der Waals surface area contributed by atoms with Gasteiger partial charge in [-0.2, -0.15) is 0 Å². The summed E-state index contributed by atoms with van der Waals surface area (Å²) in [6.45, 7) is 0. The van der Waals surface area contributed by atoms with Crippen LogP contribution in [0.3, 0.4) is 0 Å². The molecule has 1 saturated heterocycles. The van der Waals surface area contributed by atoms with Gasteiger partial charge >= 0.3 is 5.97 Å². The van der Waals surface area contributed by atoms with Crippen molar-refractivity contribution in [2.24, 2.45) is 0 Å². The molecule has 0 unspecified atom stereocenters. The summed E-state index contributed by atoms with van der Waals surface area (Å²) in [5, 5.41) is 12.3. The second-order valence-corrected chi connectivity index (χ2v) is 7.87. The van der Waals surface area contributed by atoms with Crippen molar-refractivity contribution in [2.45, 2.75) is 0 Å². The highest BCUT2D eigenvalue weighted by molar-refractivity contribution is 7.80. The van der Waals surface area contributed by atoms with E-state index < -0.39 is 17.8 Å². The molecule has 2 heterocycles. The average Bonchev–Trinajstić information content (AvgIpc) is 3.19. The zero-order valence-corrected chi connectivity index (χ0v) is 18.3. The molecule has 10 heteroatoms. The standard InChI is InChI=1S/C22H12Cl2N2O5S/c23-12-2-1-3-13(9-12)26-20(28)16(19(27)25-22(26)32)10-14-5-7-18(31-14)15-8-11(21(29)30)4-6-17(15)24/h1-10H,(H,29,30)(H,25,27,32)/b16-10+. The van der Waals surface area contributed by atoms with Crippen LogP contribution >= 0.6 is 35.4 Å². The van der Waals surface area contributed by atoms with E-state index in [4.69, 9.17) is 39.8 Å². The summed E-state index contributed by atoms with van der Waals surface area (Å²) in [6.07, 6.45) is 1.27. The molecule has 160 valence electrons. The lowest BCUT2D eigenvalue weighted by Crippen LogP contribution is -2.54. The zero-order valence-electron chi connectivity index (χ0n) is 16.0. The lowest BCUT2D eigenvalue weighted by atomic mass is 10.1. The molecule has 32 heavy (non-hydrogen) atoms. The zero-order chi connectivity index (χ0) is 23.0. The van der Waals surface area contributed by atoms with Gasteiger partial charge in [-0.1, -0.05) is 29.3 Å². The Hall–Kier alpha value is -3.46. The molecule has 7 nitrogen and oxygen atoms in total. The molecule has 2 N–H and O–H groups in total. The van der Waals surface area contributed by atoms with Crippen LogP contribution in [0, 0.1) is 0 Å². The average molecular weight is 487 g/mol. The quantitative estimate of drug-likeness (QED) is 0.312. The first-order valence-corrected chi connectivity index (χ1v) is 10.2. The van der Waals surface area contributed by atoms with Crippen LogP contribution in [-0.4, -0.2) is 28.0 Å². The van der Waals surface area contributed by atoms with Crippen molar-refractivity contribution >= 4 is 70.1 Å². The van der Waals surface area contributed by atoms with Gasteiger partial charge in [0.1, 0.15) is 17.1 Å². The third-order valence-electron chi connectivity index (χ3n) is 4.56. The number of rotatable bonds is 4. The highest BCUT2D eigenvalue weighted by Crippen LogP contribution is 2.32. The molecule has 0 spiro atoms. The van der Waals surface area contributed by atoms with E-state index in [0.29, 0.717) is 16.3 Å². The normalized spacial score (nSPS) is 15.2. The minimum Gasteiger partial charge on any atom is -0.478 e. The van der Waals surface area contributed by atoms with Crippen LogP contribution in [0.25, 0.3) is 17.4 Å².